The summed E-state index contributed by atoms with van der Waals surface area (Å²) in [5, 5.41) is 3.20. The van der Waals surface area contributed by atoms with Gasteiger partial charge in [-0.25, -0.2) is 9.97 Å². The van der Waals surface area contributed by atoms with Crippen LogP contribution in [0.4, 0.5) is 11.6 Å². The Balaban J connectivity index is 2.34. The molecule has 5 nitrogen and oxygen atoms in total. The monoisotopic (exact) mass is 277 g/mol. The van der Waals surface area contributed by atoms with Crippen molar-refractivity contribution in [2.24, 2.45) is 5.92 Å². The Labute approximate surface area is 122 Å². The molecule has 1 N–H and O–H groups in total. The van der Waals surface area contributed by atoms with Crippen molar-refractivity contribution in [2.75, 3.05) is 44.4 Å². The van der Waals surface area contributed by atoms with Crippen molar-refractivity contribution >= 4 is 11.6 Å². The summed E-state index contributed by atoms with van der Waals surface area (Å²) < 4.78 is 0. The van der Waals surface area contributed by atoms with Gasteiger partial charge < -0.3 is 15.1 Å². The van der Waals surface area contributed by atoms with Gasteiger partial charge in [-0.2, -0.15) is 0 Å². The first-order valence-electron chi connectivity index (χ1n) is 7.39. The lowest BCUT2D eigenvalue weighted by Crippen LogP contribution is -2.34. The molecule has 0 spiro atoms. The molecule has 0 aromatic carbocycles. The van der Waals surface area contributed by atoms with Gasteiger partial charge in [-0.1, -0.05) is 20.8 Å². The number of nitrogens with zero attached hydrogens (tertiary/aromatic N) is 4. The van der Waals surface area contributed by atoms with Crippen LogP contribution in [0.1, 0.15) is 32.3 Å². The second kappa shape index (κ2) is 5.95. The number of nitrogens with one attached hydrogen (secondary N) is 1. The van der Waals surface area contributed by atoms with Gasteiger partial charge in [0.05, 0.1) is 0 Å². The smallest absolute Gasteiger partial charge is 0.137 e. The SMILES string of the molecule is CNc1ncnc(N2CC(C)C(N(C)C)C2)c1C(C)C. The van der Waals surface area contributed by atoms with Crippen LogP contribution in [0.25, 0.3) is 0 Å². The van der Waals surface area contributed by atoms with E-state index in [-0.39, 0.29) is 0 Å². The first kappa shape index (κ1) is 15.0. The molecule has 2 rings (SSSR count). The molecule has 2 atom stereocenters. The normalized spacial score (nSPS) is 22.9. The molecular formula is C15H27N5. The maximum absolute atomic E-state index is 4.58. The lowest BCUT2D eigenvalue weighted by Gasteiger charge is -2.25. The van der Waals surface area contributed by atoms with E-state index in [9.17, 15) is 0 Å². The van der Waals surface area contributed by atoms with Gasteiger partial charge in [0.15, 0.2) is 0 Å². The molecule has 2 unspecified atom stereocenters. The molecule has 112 valence electrons. The second-order valence-corrected chi connectivity index (χ2v) is 6.28. The van der Waals surface area contributed by atoms with E-state index in [1.807, 2.05) is 7.05 Å². The summed E-state index contributed by atoms with van der Waals surface area (Å²) in [6.45, 7) is 8.81. The van der Waals surface area contributed by atoms with Crippen molar-refractivity contribution in [3.05, 3.63) is 11.9 Å². The lowest BCUT2D eigenvalue weighted by atomic mass is 10.0. The molecule has 1 saturated heterocycles. The standard InChI is InChI=1S/C15H27N5/c1-10(2)13-14(16-4)17-9-18-15(13)20-7-11(3)12(8-20)19(5)6/h9-12H,7-8H2,1-6H3,(H,16,17,18). The van der Waals surface area contributed by atoms with Crippen LogP contribution in [-0.2, 0) is 0 Å². The predicted octanol–water partition coefficient (Wildman–Crippen LogP) is 2.03. The average molecular weight is 277 g/mol. The summed E-state index contributed by atoms with van der Waals surface area (Å²) in [6.07, 6.45) is 1.67. The lowest BCUT2D eigenvalue weighted by molar-refractivity contribution is 0.266. The minimum Gasteiger partial charge on any atom is -0.373 e. The number of hydrogen-bond donors (Lipinski definition) is 1. The van der Waals surface area contributed by atoms with E-state index in [0.29, 0.717) is 17.9 Å². The maximum atomic E-state index is 4.58. The van der Waals surface area contributed by atoms with E-state index < -0.39 is 0 Å². The number of aromatic nitrogens is 2. The molecule has 2 heterocycles. The summed E-state index contributed by atoms with van der Waals surface area (Å²) in [7, 11) is 6.24. The van der Waals surface area contributed by atoms with Gasteiger partial charge in [-0.05, 0) is 25.9 Å². The Hall–Kier alpha value is -1.36. The Morgan fingerprint density at radius 3 is 2.50 bits per heavy atom. The highest BCUT2D eigenvalue weighted by Gasteiger charge is 2.33. The van der Waals surface area contributed by atoms with Crippen LogP contribution in [-0.4, -0.2) is 55.1 Å². The van der Waals surface area contributed by atoms with Crippen molar-refractivity contribution in [1.29, 1.82) is 0 Å². The van der Waals surface area contributed by atoms with E-state index in [2.05, 4.69) is 60.0 Å². The van der Waals surface area contributed by atoms with Crippen LogP contribution in [0.2, 0.25) is 0 Å². The fraction of sp³-hybridized carbons (Fsp3) is 0.733. The summed E-state index contributed by atoms with van der Waals surface area (Å²) >= 11 is 0. The van der Waals surface area contributed by atoms with Crippen LogP contribution < -0.4 is 10.2 Å². The number of rotatable bonds is 4. The van der Waals surface area contributed by atoms with Gasteiger partial charge in [0.2, 0.25) is 0 Å². The van der Waals surface area contributed by atoms with Crippen LogP contribution in [0.15, 0.2) is 6.33 Å². The van der Waals surface area contributed by atoms with Gasteiger partial charge in [-0.15, -0.1) is 0 Å². The fourth-order valence-electron chi connectivity index (χ4n) is 3.16. The minimum atomic E-state index is 0.405. The molecule has 0 radical (unpaired) electrons. The van der Waals surface area contributed by atoms with Gasteiger partial charge in [-0.3, -0.25) is 0 Å². The molecule has 1 aliphatic rings. The van der Waals surface area contributed by atoms with Gasteiger partial charge in [0.1, 0.15) is 18.0 Å². The van der Waals surface area contributed by atoms with Gasteiger partial charge in [0, 0.05) is 31.7 Å². The fourth-order valence-corrected chi connectivity index (χ4v) is 3.16. The van der Waals surface area contributed by atoms with E-state index in [4.69, 9.17) is 0 Å². The number of likely N-dealkylation sites (N-methyl/N-ethyl adjacent to an activating group) is 1. The van der Waals surface area contributed by atoms with E-state index >= 15 is 0 Å². The Bertz CT molecular complexity index is 458. The Kier molecular flexibility index (Phi) is 4.48. The highest BCUT2D eigenvalue weighted by atomic mass is 15.3. The molecule has 1 aliphatic heterocycles. The molecule has 20 heavy (non-hydrogen) atoms. The zero-order valence-electron chi connectivity index (χ0n) is 13.5. The first-order valence-corrected chi connectivity index (χ1v) is 7.39. The third-order valence-corrected chi connectivity index (χ3v) is 4.21. The molecular weight excluding hydrogens is 250 g/mol. The third kappa shape index (κ3) is 2.73. The zero-order chi connectivity index (χ0) is 14.9. The van der Waals surface area contributed by atoms with Crippen molar-refractivity contribution in [3.8, 4) is 0 Å². The maximum Gasteiger partial charge on any atom is 0.137 e. The third-order valence-electron chi connectivity index (χ3n) is 4.21. The minimum absolute atomic E-state index is 0.405. The molecule has 1 fully saturated rings. The number of hydrogen-bond acceptors (Lipinski definition) is 5. The van der Waals surface area contributed by atoms with Gasteiger partial charge in [0.25, 0.3) is 0 Å². The Morgan fingerprint density at radius 2 is 2.00 bits per heavy atom. The van der Waals surface area contributed by atoms with Crippen molar-refractivity contribution in [3.63, 3.8) is 0 Å². The Morgan fingerprint density at radius 1 is 1.30 bits per heavy atom. The van der Waals surface area contributed by atoms with Crippen LogP contribution in [0, 0.1) is 5.92 Å². The molecule has 1 aromatic rings. The highest BCUT2D eigenvalue weighted by Crippen LogP contribution is 2.34. The van der Waals surface area contributed by atoms with Crippen LogP contribution in [0.3, 0.4) is 0 Å². The molecule has 0 saturated carbocycles. The molecule has 5 heteroatoms. The van der Waals surface area contributed by atoms with Crippen LogP contribution >= 0.6 is 0 Å². The predicted molar refractivity (Wildman–Crippen MR) is 84.5 cm³/mol. The molecule has 1 aromatic heterocycles. The topological polar surface area (TPSA) is 44.3 Å². The zero-order valence-corrected chi connectivity index (χ0v) is 13.5. The van der Waals surface area contributed by atoms with E-state index in [1.165, 1.54) is 5.56 Å². The van der Waals surface area contributed by atoms with E-state index in [0.717, 1.165) is 24.7 Å². The quantitative estimate of drug-likeness (QED) is 0.912. The first-order chi connectivity index (χ1) is 9.45. The van der Waals surface area contributed by atoms with E-state index in [1.54, 1.807) is 6.33 Å². The molecule has 0 bridgehead atoms. The summed E-state index contributed by atoms with van der Waals surface area (Å²) in [5.74, 6) is 3.10. The van der Waals surface area contributed by atoms with Crippen molar-refractivity contribution in [2.45, 2.75) is 32.7 Å². The summed E-state index contributed by atoms with van der Waals surface area (Å²) in [6, 6.07) is 0.586. The molecule has 0 amide bonds. The average Bonchev–Trinajstić information content (AvgIpc) is 2.79. The van der Waals surface area contributed by atoms with Gasteiger partial charge >= 0.3 is 0 Å². The van der Waals surface area contributed by atoms with Crippen LogP contribution in [0.5, 0.6) is 0 Å². The number of anilines is 2. The van der Waals surface area contributed by atoms with Crippen molar-refractivity contribution in [1.82, 2.24) is 14.9 Å². The summed E-state index contributed by atoms with van der Waals surface area (Å²) in [4.78, 5) is 13.7. The summed E-state index contributed by atoms with van der Waals surface area (Å²) in [5.41, 5.74) is 1.22. The largest absolute Gasteiger partial charge is 0.373 e. The second-order valence-electron chi connectivity index (χ2n) is 6.28. The molecule has 0 aliphatic carbocycles. The van der Waals surface area contributed by atoms with Crippen molar-refractivity contribution < 1.29 is 0 Å². The highest BCUT2D eigenvalue weighted by molar-refractivity contribution is 5.60.